The molecule has 1 N–H and O–H groups in total. The van der Waals surface area contributed by atoms with E-state index in [4.69, 9.17) is 4.74 Å². The molecule has 106 valence electrons. The van der Waals surface area contributed by atoms with E-state index in [-0.39, 0.29) is 17.9 Å². The quantitative estimate of drug-likeness (QED) is 0.869. The lowest BCUT2D eigenvalue weighted by Gasteiger charge is -2.25. The maximum Gasteiger partial charge on any atom is 0.223 e. The molecule has 4 atom stereocenters. The largest absolute Gasteiger partial charge is 0.371 e. The molecule has 2 aliphatic carbocycles. The number of hydrogen-bond acceptors (Lipinski definition) is 3. The van der Waals surface area contributed by atoms with Gasteiger partial charge in [0.1, 0.15) is 6.10 Å². The maximum absolute atomic E-state index is 12.3. The summed E-state index contributed by atoms with van der Waals surface area (Å²) in [7, 11) is 0. The van der Waals surface area contributed by atoms with Crippen LogP contribution in [0.15, 0.2) is 23.6 Å². The molecular formula is C16H19NO2S. The molecule has 0 saturated heterocycles. The fourth-order valence-electron chi connectivity index (χ4n) is 3.80. The number of nitrogens with one attached hydrogen (secondary N) is 1. The number of carbonyl (C=O) groups is 1. The monoisotopic (exact) mass is 289 g/mol. The van der Waals surface area contributed by atoms with Crippen LogP contribution in [0.4, 0.5) is 0 Å². The molecule has 0 spiro atoms. The van der Waals surface area contributed by atoms with Crippen molar-refractivity contribution in [2.45, 2.75) is 25.4 Å². The Kier molecular flexibility index (Phi) is 3.15. The topological polar surface area (TPSA) is 38.3 Å². The average molecular weight is 289 g/mol. The van der Waals surface area contributed by atoms with Gasteiger partial charge in [-0.15, -0.1) is 11.3 Å². The number of hydrogen-bond donors (Lipinski definition) is 1. The SMILES string of the molecule is O=C(NCC1OCCc2sccc21)C1CC2C=CC1C2. The predicted molar refractivity (Wildman–Crippen MR) is 78.6 cm³/mol. The molecule has 1 saturated carbocycles. The van der Waals surface area contributed by atoms with Crippen LogP contribution in [-0.4, -0.2) is 19.1 Å². The third-order valence-electron chi connectivity index (χ3n) is 4.85. The van der Waals surface area contributed by atoms with Gasteiger partial charge >= 0.3 is 0 Å². The Morgan fingerprint density at radius 3 is 3.15 bits per heavy atom. The zero-order chi connectivity index (χ0) is 13.5. The predicted octanol–water partition coefficient (Wildman–Crippen LogP) is 2.69. The van der Waals surface area contributed by atoms with Gasteiger partial charge in [0, 0.05) is 23.8 Å². The van der Waals surface area contributed by atoms with E-state index in [9.17, 15) is 4.79 Å². The fraction of sp³-hybridized carbons (Fsp3) is 0.562. The molecule has 1 aromatic heterocycles. The van der Waals surface area contributed by atoms with Crippen molar-refractivity contribution >= 4 is 17.2 Å². The maximum atomic E-state index is 12.3. The minimum absolute atomic E-state index is 0.0445. The van der Waals surface area contributed by atoms with Crippen molar-refractivity contribution < 1.29 is 9.53 Å². The molecule has 2 heterocycles. The van der Waals surface area contributed by atoms with Gasteiger partial charge in [0.05, 0.1) is 6.61 Å². The van der Waals surface area contributed by atoms with Gasteiger partial charge in [-0.25, -0.2) is 0 Å². The van der Waals surface area contributed by atoms with Crippen molar-refractivity contribution in [1.29, 1.82) is 0 Å². The molecule has 1 fully saturated rings. The summed E-state index contributed by atoms with van der Waals surface area (Å²) in [6.45, 7) is 1.38. The number of allylic oxidation sites excluding steroid dienone is 2. The summed E-state index contributed by atoms with van der Waals surface area (Å²) in [4.78, 5) is 13.7. The van der Waals surface area contributed by atoms with Crippen LogP contribution in [0.25, 0.3) is 0 Å². The van der Waals surface area contributed by atoms with Crippen molar-refractivity contribution in [3.63, 3.8) is 0 Å². The first-order chi connectivity index (χ1) is 9.81. The first-order valence-corrected chi connectivity index (χ1v) is 8.33. The highest BCUT2D eigenvalue weighted by atomic mass is 32.1. The Bertz CT molecular complexity index is 550. The van der Waals surface area contributed by atoms with Crippen molar-refractivity contribution in [2.75, 3.05) is 13.2 Å². The first kappa shape index (κ1) is 12.6. The second-order valence-electron chi connectivity index (χ2n) is 6.04. The first-order valence-electron chi connectivity index (χ1n) is 7.45. The summed E-state index contributed by atoms with van der Waals surface area (Å²) >= 11 is 1.80. The van der Waals surface area contributed by atoms with E-state index >= 15 is 0 Å². The van der Waals surface area contributed by atoms with Crippen LogP contribution in [0.2, 0.25) is 0 Å². The lowest BCUT2D eigenvalue weighted by Crippen LogP contribution is -2.36. The molecule has 1 amide bonds. The van der Waals surface area contributed by atoms with E-state index < -0.39 is 0 Å². The molecule has 0 radical (unpaired) electrons. The van der Waals surface area contributed by atoms with Crippen LogP contribution in [0, 0.1) is 17.8 Å². The lowest BCUT2D eigenvalue weighted by atomic mass is 9.92. The van der Waals surface area contributed by atoms with E-state index in [0.717, 1.165) is 19.4 Å². The molecule has 3 nitrogen and oxygen atoms in total. The van der Waals surface area contributed by atoms with Crippen LogP contribution >= 0.6 is 11.3 Å². The molecule has 0 aromatic carbocycles. The lowest BCUT2D eigenvalue weighted by molar-refractivity contribution is -0.126. The molecule has 4 unspecified atom stereocenters. The molecular weight excluding hydrogens is 270 g/mol. The molecule has 1 aromatic rings. The van der Waals surface area contributed by atoms with E-state index in [1.807, 2.05) is 0 Å². The number of ether oxygens (including phenoxy) is 1. The Balaban J connectivity index is 1.37. The Labute approximate surface area is 123 Å². The van der Waals surface area contributed by atoms with Crippen molar-refractivity contribution in [1.82, 2.24) is 5.32 Å². The number of rotatable bonds is 3. The fourth-order valence-corrected chi connectivity index (χ4v) is 4.72. The van der Waals surface area contributed by atoms with Crippen LogP contribution in [0.1, 0.15) is 29.4 Å². The van der Waals surface area contributed by atoms with Gasteiger partial charge in [-0.1, -0.05) is 12.2 Å². The second-order valence-corrected chi connectivity index (χ2v) is 7.04. The highest BCUT2D eigenvalue weighted by Gasteiger charge is 2.39. The summed E-state index contributed by atoms with van der Waals surface area (Å²) in [5, 5.41) is 5.24. The van der Waals surface area contributed by atoms with E-state index in [2.05, 4.69) is 28.9 Å². The van der Waals surface area contributed by atoms with Gasteiger partial charge in [0.25, 0.3) is 0 Å². The van der Waals surface area contributed by atoms with Gasteiger partial charge in [-0.05, 0) is 41.7 Å². The Hall–Kier alpha value is -1.13. The Morgan fingerprint density at radius 2 is 2.35 bits per heavy atom. The van der Waals surface area contributed by atoms with Crippen molar-refractivity contribution in [3.05, 3.63) is 34.0 Å². The third-order valence-corrected chi connectivity index (χ3v) is 5.85. The summed E-state index contributed by atoms with van der Waals surface area (Å²) in [6, 6.07) is 2.14. The van der Waals surface area contributed by atoms with E-state index in [0.29, 0.717) is 18.4 Å². The van der Waals surface area contributed by atoms with E-state index in [1.54, 1.807) is 11.3 Å². The van der Waals surface area contributed by atoms with Crippen LogP contribution in [0.3, 0.4) is 0 Å². The van der Waals surface area contributed by atoms with Gasteiger partial charge in [0.15, 0.2) is 0 Å². The summed E-state index contributed by atoms with van der Waals surface area (Å²) in [6.07, 6.45) is 7.76. The molecule has 3 aliphatic rings. The van der Waals surface area contributed by atoms with Gasteiger partial charge in [-0.2, -0.15) is 0 Å². The number of fused-ring (bicyclic) bond motifs is 3. The summed E-state index contributed by atoms with van der Waals surface area (Å²) < 4.78 is 5.82. The van der Waals surface area contributed by atoms with Crippen molar-refractivity contribution in [2.24, 2.45) is 17.8 Å². The average Bonchev–Trinajstić information content (AvgIpc) is 3.19. The highest BCUT2D eigenvalue weighted by Crippen LogP contribution is 2.43. The number of amides is 1. The zero-order valence-corrected chi connectivity index (χ0v) is 12.2. The minimum Gasteiger partial charge on any atom is -0.371 e. The molecule has 4 rings (SSSR count). The van der Waals surface area contributed by atoms with Gasteiger partial charge in [-0.3, -0.25) is 4.79 Å². The molecule has 4 heteroatoms. The molecule has 1 aliphatic heterocycles. The standard InChI is InChI=1S/C16H19NO2S/c18-16(13-8-10-1-2-11(13)7-10)17-9-14-12-4-6-20-15(12)3-5-19-14/h1-2,4,6,10-11,13-14H,3,5,7-9H2,(H,17,18). The van der Waals surface area contributed by atoms with Crippen LogP contribution in [0.5, 0.6) is 0 Å². The zero-order valence-electron chi connectivity index (χ0n) is 11.4. The minimum atomic E-state index is 0.0445. The third kappa shape index (κ3) is 2.11. The number of carbonyl (C=O) groups excluding carboxylic acids is 1. The van der Waals surface area contributed by atoms with Gasteiger partial charge in [0.2, 0.25) is 5.91 Å². The highest BCUT2D eigenvalue weighted by molar-refractivity contribution is 7.10. The van der Waals surface area contributed by atoms with Crippen molar-refractivity contribution in [3.8, 4) is 0 Å². The Morgan fingerprint density at radius 1 is 1.40 bits per heavy atom. The number of thiophene rings is 1. The summed E-state index contributed by atoms with van der Waals surface area (Å²) in [5.74, 6) is 1.53. The second kappa shape index (κ2) is 5.01. The normalized spacial score (nSPS) is 34.2. The smallest absolute Gasteiger partial charge is 0.223 e. The molecule has 20 heavy (non-hydrogen) atoms. The molecule has 2 bridgehead atoms. The summed E-state index contributed by atoms with van der Waals surface area (Å²) in [5.41, 5.74) is 1.27. The van der Waals surface area contributed by atoms with E-state index in [1.165, 1.54) is 16.9 Å². The van der Waals surface area contributed by atoms with Crippen LogP contribution < -0.4 is 5.32 Å². The van der Waals surface area contributed by atoms with Crippen LogP contribution in [-0.2, 0) is 16.0 Å². The van der Waals surface area contributed by atoms with Gasteiger partial charge < -0.3 is 10.1 Å².